The Kier molecular flexibility index (Phi) is 7.71. The first-order valence-electron chi connectivity index (χ1n) is 8.58. The highest BCUT2D eigenvalue weighted by Gasteiger charge is 2.32. The molecule has 0 saturated heterocycles. The van der Waals surface area contributed by atoms with Crippen molar-refractivity contribution in [1.29, 1.82) is 0 Å². The summed E-state index contributed by atoms with van der Waals surface area (Å²) in [6.45, 7) is 6.60. The zero-order valence-electron chi connectivity index (χ0n) is 13.5. The van der Waals surface area contributed by atoms with Crippen molar-refractivity contribution in [3.63, 3.8) is 0 Å². The van der Waals surface area contributed by atoms with E-state index in [0.717, 1.165) is 12.8 Å². The van der Waals surface area contributed by atoms with Gasteiger partial charge in [-0.15, -0.1) is 0 Å². The number of carbonyl (C=O) groups is 1. The van der Waals surface area contributed by atoms with Gasteiger partial charge in [-0.25, -0.2) is 0 Å². The highest BCUT2D eigenvalue weighted by molar-refractivity contribution is 5.84. The van der Waals surface area contributed by atoms with Crippen LogP contribution < -0.4 is 0 Å². The molecule has 1 heteroatoms. The summed E-state index contributed by atoms with van der Waals surface area (Å²) in [4.78, 5) is 12.4. The summed E-state index contributed by atoms with van der Waals surface area (Å²) in [5.74, 6) is 1.03. The van der Waals surface area contributed by atoms with E-state index in [1.165, 1.54) is 64.2 Å². The summed E-state index contributed by atoms with van der Waals surface area (Å²) >= 11 is 0. The molecule has 1 aliphatic carbocycles. The summed E-state index contributed by atoms with van der Waals surface area (Å²) < 4.78 is 0. The number of hydrogen-bond donors (Lipinski definition) is 0. The molecule has 0 aromatic rings. The first-order valence-corrected chi connectivity index (χ1v) is 8.58. The summed E-state index contributed by atoms with van der Waals surface area (Å²) in [5, 5.41) is 0. The standard InChI is InChI=1S/C18H34O/c1-16-14-12-10-8-6-4-5-7-9-11-13-15-17(19)18(16,2)3/h16H,4-15H2,1-3H3. The predicted octanol–water partition coefficient (Wildman–Crippen LogP) is 5.91. The maximum Gasteiger partial charge on any atom is 0.138 e. The molecule has 1 nitrogen and oxygen atoms in total. The number of ketones is 1. The minimum absolute atomic E-state index is 0.111. The molecule has 0 aliphatic heterocycles. The minimum atomic E-state index is -0.111. The zero-order chi connectivity index (χ0) is 14.1. The first kappa shape index (κ1) is 16.7. The minimum Gasteiger partial charge on any atom is -0.299 e. The van der Waals surface area contributed by atoms with Crippen LogP contribution in [0.25, 0.3) is 0 Å². The molecule has 0 spiro atoms. The van der Waals surface area contributed by atoms with Crippen LogP contribution in [0.1, 0.15) is 97.8 Å². The fourth-order valence-electron chi connectivity index (χ4n) is 3.11. The first-order chi connectivity index (χ1) is 9.05. The summed E-state index contributed by atoms with van der Waals surface area (Å²) in [5.41, 5.74) is -0.111. The van der Waals surface area contributed by atoms with Gasteiger partial charge in [0.15, 0.2) is 0 Å². The number of hydrogen-bond acceptors (Lipinski definition) is 1. The smallest absolute Gasteiger partial charge is 0.138 e. The van der Waals surface area contributed by atoms with Gasteiger partial charge in [0.05, 0.1) is 0 Å². The van der Waals surface area contributed by atoms with E-state index in [2.05, 4.69) is 20.8 Å². The summed E-state index contributed by atoms with van der Waals surface area (Å²) in [6, 6.07) is 0. The molecule has 0 N–H and O–H groups in total. The Labute approximate surface area is 120 Å². The fourth-order valence-corrected chi connectivity index (χ4v) is 3.11. The Balaban J connectivity index is 2.49. The van der Waals surface area contributed by atoms with Gasteiger partial charge in [-0.2, -0.15) is 0 Å². The van der Waals surface area contributed by atoms with E-state index in [-0.39, 0.29) is 5.41 Å². The molecular weight excluding hydrogens is 232 g/mol. The number of rotatable bonds is 0. The summed E-state index contributed by atoms with van der Waals surface area (Å²) in [7, 11) is 0. The lowest BCUT2D eigenvalue weighted by Crippen LogP contribution is -2.31. The Morgan fingerprint density at radius 3 is 1.74 bits per heavy atom. The fraction of sp³-hybridized carbons (Fsp3) is 0.944. The number of carbonyl (C=O) groups excluding carboxylic acids is 1. The van der Waals surface area contributed by atoms with E-state index in [4.69, 9.17) is 0 Å². The molecule has 0 aromatic heterocycles. The van der Waals surface area contributed by atoms with Crippen molar-refractivity contribution in [1.82, 2.24) is 0 Å². The van der Waals surface area contributed by atoms with Gasteiger partial charge >= 0.3 is 0 Å². The Morgan fingerprint density at radius 2 is 1.21 bits per heavy atom. The SMILES string of the molecule is CC1CCCCCCCCCCCCC(=O)C1(C)C. The van der Waals surface area contributed by atoms with Gasteiger partial charge in [-0.05, 0) is 18.8 Å². The third-order valence-electron chi connectivity index (χ3n) is 5.24. The molecule has 1 aliphatic rings. The van der Waals surface area contributed by atoms with E-state index in [0.29, 0.717) is 11.7 Å². The average Bonchev–Trinajstić information content (AvgIpc) is 2.38. The maximum absolute atomic E-state index is 12.4. The molecule has 0 bridgehead atoms. The van der Waals surface area contributed by atoms with Crippen molar-refractivity contribution in [3.8, 4) is 0 Å². The van der Waals surface area contributed by atoms with Crippen molar-refractivity contribution >= 4 is 5.78 Å². The molecule has 1 unspecified atom stereocenters. The van der Waals surface area contributed by atoms with Crippen LogP contribution in [0.15, 0.2) is 0 Å². The van der Waals surface area contributed by atoms with Crippen LogP contribution in [0.4, 0.5) is 0 Å². The van der Waals surface area contributed by atoms with E-state index in [1.807, 2.05) is 0 Å². The van der Waals surface area contributed by atoms with Crippen LogP contribution in [-0.4, -0.2) is 5.78 Å². The van der Waals surface area contributed by atoms with E-state index >= 15 is 0 Å². The van der Waals surface area contributed by atoms with Gasteiger partial charge in [0.2, 0.25) is 0 Å². The third kappa shape index (κ3) is 6.10. The van der Waals surface area contributed by atoms with Crippen molar-refractivity contribution in [3.05, 3.63) is 0 Å². The summed E-state index contributed by atoms with van der Waals surface area (Å²) in [6.07, 6.45) is 15.3. The molecule has 1 rings (SSSR count). The molecule has 0 radical (unpaired) electrons. The highest BCUT2D eigenvalue weighted by Crippen LogP contribution is 2.33. The maximum atomic E-state index is 12.4. The average molecular weight is 266 g/mol. The van der Waals surface area contributed by atoms with Gasteiger partial charge in [-0.1, -0.05) is 78.6 Å². The van der Waals surface area contributed by atoms with Gasteiger partial charge < -0.3 is 0 Å². The lowest BCUT2D eigenvalue weighted by atomic mass is 9.73. The van der Waals surface area contributed by atoms with Crippen molar-refractivity contribution in [2.75, 3.05) is 0 Å². The zero-order valence-corrected chi connectivity index (χ0v) is 13.5. The van der Waals surface area contributed by atoms with Gasteiger partial charge in [-0.3, -0.25) is 4.79 Å². The molecule has 0 amide bonds. The normalized spacial score (nSPS) is 28.4. The monoisotopic (exact) mass is 266 g/mol. The van der Waals surface area contributed by atoms with Gasteiger partial charge in [0.25, 0.3) is 0 Å². The van der Waals surface area contributed by atoms with Crippen molar-refractivity contribution in [2.24, 2.45) is 11.3 Å². The molecule has 1 saturated carbocycles. The predicted molar refractivity (Wildman–Crippen MR) is 83.4 cm³/mol. The van der Waals surface area contributed by atoms with E-state index in [9.17, 15) is 4.79 Å². The third-order valence-corrected chi connectivity index (χ3v) is 5.24. The second kappa shape index (κ2) is 8.76. The molecule has 19 heavy (non-hydrogen) atoms. The lowest BCUT2D eigenvalue weighted by Gasteiger charge is -2.30. The highest BCUT2D eigenvalue weighted by atomic mass is 16.1. The molecule has 112 valence electrons. The Hall–Kier alpha value is -0.330. The molecular formula is C18H34O. The largest absolute Gasteiger partial charge is 0.299 e. The second-order valence-electron chi connectivity index (χ2n) is 7.12. The van der Waals surface area contributed by atoms with Crippen LogP contribution in [0, 0.1) is 11.3 Å². The van der Waals surface area contributed by atoms with Crippen LogP contribution in [-0.2, 0) is 4.79 Å². The van der Waals surface area contributed by atoms with Crippen LogP contribution in [0.3, 0.4) is 0 Å². The van der Waals surface area contributed by atoms with Crippen molar-refractivity contribution < 1.29 is 4.79 Å². The quantitative estimate of drug-likeness (QED) is 0.532. The molecule has 0 aromatic carbocycles. The van der Waals surface area contributed by atoms with Crippen LogP contribution in [0.5, 0.6) is 0 Å². The molecule has 0 heterocycles. The topological polar surface area (TPSA) is 17.1 Å². The number of Topliss-reactive ketones (excluding diaryl/α,β-unsaturated/α-hetero) is 1. The van der Waals surface area contributed by atoms with Gasteiger partial charge in [0.1, 0.15) is 5.78 Å². The van der Waals surface area contributed by atoms with E-state index < -0.39 is 0 Å². The van der Waals surface area contributed by atoms with Crippen molar-refractivity contribution in [2.45, 2.75) is 97.8 Å². The van der Waals surface area contributed by atoms with Crippen LogP contribution >= 0.6 is 0 Å². The molecule has 1 fully saturated rings. The Bertz CT molecular complexity index is 254. The van der Waals surface area contributed by atoms with E-state index in [1.54, 1.807) is 0 Å². The second-order valence-corrected chi connectivity index (χ2v) is 7.12. The van der Waals surface area contributed by atoms with Gasteiger partial charge in [0, 0.05) is 11.8 Å². The van der Waals surface area contributed by atoms with Crippen LogP contribution in [0.2, 0.25) is 0 Å². The lowest BCUT2D eigenvalue weighted by molar-refractivity contribution is -0.129. The Morgan fingerprint density at radius 1 is 0.789 bits per heavy atom. The molecule has 1 atom stereocenters.